The number of rotatable bonds is 8. The zero-order valence-electron chi connectivity index (χ0n) is 25.2. The molecule has 1 saturated heterocycles. The molecule has 4 rings (SSSR count). The Morgan fingerprint density at radius 3 is 2.50 bits per heavy atom. The quantitative estimate of drug-likeness (QED) is 0.148. The Hall–Kier alpha value is -4.46. The second-order valence-electron chi connectivity index (χ2n) is 11.3. The van der Waals surface area contributed by atoms with Crippen LogP contribution >= 0.6 is 0 Å². The van der Waals surface area contributed by atoms with Gasteiger partial charge in [0.2, 0.25) is 6.29 Å². The third-order valence-corrected chi connectivity index (χ3v) is 7.44. The number of nitrogens with one attached hydrogen (secondary N) is 1. The molecule has 5 unspecified atom stereocenters. The van der Waals surface area contributed by atoms with Crippen molar-refractivity contribution < 1.29 is 53.1 Å². The summed E-state index contributed by atoms with van der Waals surface area (Å²) < 4.78 is 27.8. The van der Waals surface area contributed by atoms with Crippen molar-refractivity contribution in [3.05, 3.63) is 64.2 Å². The van der Waals surface area contributed by atoms with Crippen molar-refractivity contribution in [2.75, 3.05) is 7.11 Å². The van der Waals surface area contributed by atoms with Gasteiger partial charge in [-0.05, 0) is 76.9 Å². The van der Waals surface area contributed by atoms with E-state index in [2.05, 4.69) is 5.32 Å². The van der Waals surface area contributed by atoms with E-state index in [-0.39, 0.29) is 33.9 Å². The zero-order valence-corrected chi connectivity index (χ0v) is 25.2. The molecule has 2 aliphatic rings. The van der Waals surface area contributed by atoms with Crippen LogP contribution in [0.25, 0.3) is 0 Å². The number of methoxy groups -OCH3 is 1. The van der Waals surface area contributed by atoms with Gasteiger partial charge in [-0.3, -0.25) is 9.59 Å². The number of hydrogen-bond donors (Lipinski definition) is 4. The molecule has 44 heavy (non-hydrogen) atoms. The van der Waals surface area contributed by atoms with Crippen molar-refractivity contribution in [2.45, 2.75) is 77.3 Å². The summed E-state index contributed by atoms with van der Waals surface area (Å²) in [5.41, 5.74) is 6.05. The van der Waals surface area contributed by atoms with Gasteiger partial charge in [0.1, 0.15) is 23.4 Å². The first-order valence-corrected chi connectivity index (χ1v) is 13.8. The predicted molar refractivity (Wildman–Crippen MR) is 154 cm³/mol. The van der Waals surface area contributed by atoms with Gasteiger partial charge in [0.25, 0.3) is 5.91 Å². The van der Waals surface area contributed by atoms with Crippen LogP contribution in [-0.4, -0.2) is 77.3 Å². The summed E-state index contributed by atoms with van der Waals surface area (Å²) in [6, 6.07) is 5.41. The fourth-order valence-electron chi connectivity index (χ4n) is 5.16. The van der Waals surface area contributed by atoms with Gasteiger partial charge in [-0.2, -0.15) is 0 Å². The first-order valence-electron chi connectivity index (χ1n) is 13.8. The molecule has 13 heteroatoms. The van der Waals surface area contributed by atoms with Crippen molar-refractivity contribution in [1.29, 1.82) is 0 Å². The number of hydrogen-bond acceptors (Lipinski definition) is 11. The minimum Gasteiger partial charge on any atom is -0.508 e. The van der Waals surface area contributed by atoms with Crippen LogP contribution in [0.3, 0.4) is 0 Å². The van der Waals surface area contributed by atoms with E-state index < -0.39 is 60.0 Å². The molecule has 0 bridgehead atoms. The number of aliphatic hydroxyl groups is 1. The Labute approximate surface area is 253 Å². The van der Waals surface area contributed by atoms with Crippen LogP contribution in [0.1, 0.15) is 59.5 Å². The van der Waals surface area contributed by atoms with Gasteiger partial charge in [0, 0.05) is 18.2 Å². The number of phenols is 1. The van der Waals surface area contributed by atoms with E-state index in [1.54, 1.807) is 13.8 Å². The van der Waals surface area contributed by atoms with Gasteiger partial charge in [-0.1, -0.05) is 11.6 Å². The fraction of sp³-hybridized carbons (Fsp3) is 0.419. The van der Waals surface area contributed by atoms with E-state index in [0.717, 1.165) is 5.57 Å². The maximum absolute atomic E-state index is 13.4. The Balaban J connectivity index is 1.54. The topological polar surface area (TPSA) is 193 Å². The van der Waals surface area contributed by atoms with Crippen LogP contribution < -0.4 is 20.5 Å². The number of ketones is 1. The first-order chi connectivity index (χ1) is 20.6. The molecule has 5 atom stereocenters. The van der Waals surface area contributed by atoms with E-state index in [0.29, 0.717) is 12.0 Å². The number of Topliss-reactive ketones (excluding diaryl/α,β-unsaturated/α-hetero) is 1. The molecule has 2 aliphatic heterocycles. The Kier molecular flexibility index (Phi) is 9.33. The van der Waals surface area contributed by atoms with Crippen LogP contribution in [0.4, 0.5) is 4.79 Å². The largest absolute Gasteiger partial charge is 0.508 e. The Bertz CT molecular complexity index is 1510. The van der Waals surface area contributed by atoms with Crippen LogP contribution in [0.5, 0.6) is 17.2 Å². The number of primary amides is 1. The third kappa shape index (κ3) is 6.54. The van der Waals surface area contributed by atoms with E-state index in [1.807, 2.05) is 19.9 Å². The summed E-state index contributed by atoms with van der Waals surface area (Å²) in [5.74, 6) is -2.37. The summed E-state index contributed by atoms with van der Waals surface area (Å²) in [5, 5.41) is 23.5. The molecule has 13 nitrogen and oxygen atoms in total. The number of benzene rings is 2. The monoisotopic (exact) mass is 612 g/mol. The van der Waals surface area contributed by atoms with E-state index in [4.69, 9.17) is 29.4 Å². The number of carbonyl (C=O) groups is 4. The summed E-state index contributed by atoms with van der Waals surface area (Å²) in [6.07, 6.45) is -3.85. The molecule has 0 spiro atoms. The molecule has 0 aliphatic carbocycles. The molecular formula is C31H36N2O11. The molecule has 2 heterocycles. The number of aromatic hydroxyl groups is 1. The average Bonchev–Trinajstić information content (AvgIpc) is 2.94. The van der Waals surface area contributed by atoms with E-state index >= 15 is 0 Å². The third-order valence-electron chi connectivity index (χ3n) is 7.44. The fourth-order valence-corrected chi connectivity index (χ4v) is 5.16. The summed E-state index contributed by atoms with van der Waals surface area (Å²) >= 11 is 0. The number of aliphatic hydroxyl groups excluding tert-OH is 1. The SMILES string of the molecule is COC1C(OC(N)=O)C(O)C(Oc2ccc3c(c2C)OC(=O)C(NC(=O)c2ccc(O)c(CC=C(C)C)c2)C3=O)OC1(C)C. The van der Waals surface area contributed by atoms with E-state index in [9.17, 15) is 29.4 Å². The first kappa shape index (κ1) is 32.5. The number of nitrogens with two attached hydrogens (primary N) is 1. The van der Waals surface area contributed by atoms with Crippen LogP contribution in [0.15, 0.2) is 42.0 Å². The number of allylic oxidation sites excluding steroid dienone is 2. The molecule has 2 aromatic rings. The number of esters is 1. The Morgan fingerprint density at radius 1 is 1.16 bits per heavy atom. The van der Waals surface area contributed by atoms with Crippen molar-refractivity contribution in [2.24, 2.45) is 5.73 Å². The highest BCUT2D eigenvalue weighted by molar-refractivity contribution is 6.19. The second kappa shape index (κ2) is 12.6. The van der Waals surface area contributed by atoms with Gasteiger partial charge in [0.15, 0.2) is 24.0 Å². The predicted octanol–water partition coefficient (Wildman–Crippen LogP) is 2.46. The highest BCUT2D eigenvalue weighted by atomic mass is 16.7. The highest BCUT2D eigenvalue weighted by Crippen LogP contribution is 2.39. The van der Waals surface area contributed by atoms with Gasteiger partial charge < -0.3 is 44.9 Å². The minimum absolute atomic E-state index is 0.0127. The van der Waals surface area contributed by atoms with Gasteiger partial charge >= 0.3 is 12.1 Å². The molecule has 2 aromatic carbocycles. The van der Waals surface area contributed by atoms with Crippen molar-refractivity contribution in [3.8, 4) is 17.2 Å². The molecule has 1 fully saturated rings. The van der Waals surface area contributed by atoms with Crippen molar-refractivity contribution in [3.63, 3.8) is 0 Å². The molecule has 2 amide bonds. The molecule has 236 valence electrons. The number of phenolic OH excluding ortho intramolecular Hbond substituents is 1. The standard InChI is InChI=1S/C31H36N2O11/c1-14(2)7-8-16-13-17(9-11-19(16)34)27(37)33-21-22(35)18-10-12-20(15(3)24(18)42-28(21)38)41-29-23(36)25(43-30(32)39)26(40-6)31(4,5)44-29/h7,9-13,21,23,25-26,29,34,36H,8H2,1-6H3,(H2,32,39)(H,33,37). The molecule has 0 aromatic heterocycles. The van der Waals surface area contributed by atoms with Crippen LogP contribution in [-0.2, 0) is 25.4 Å². The van der Waals surface area contributed by atoms with Crippen LogP contribution in [0.2, 0.25) is 0 Å². The lowest BCUT2D eigenvalue weighted by molar-refractivity contribution is -0.304. The maximum Gasteiger partial charge on any atom is 0.404 e. The summed E-state index contributed by atoms with van der Waals surface area (Å²) in [7, 11) is 1.36. The van der Waals surface area contributed by atoms with Crippen molar-refractivity contribution in [1.82, 2.24) is 5.32 Å². The van der Waals surface area contributed by atoms with Gasteiger partial charge in [-0.25, -0.2) is 9.59 Å². The summed E-state index contributed by atoms with van der Waals surface area (Å²) in [4.78, 5) is 50.8. The lowest BCUT2D eigenvalue weighted by Gasteiger charge is -2.47. The maximum atomic E-state index is 13.4. The van der Waals surface area contributed by atoms with Crippen LogP contribution in [0, 0.1) is 6.92 Å². The second-order valence-corrected chi connectivity index (χ2v) is 11.3. The molecule has 0 radical (unpaired) electrons. The highest BCUT2D eigenvalue weighted by Gasteiger charge is 2.53. The molecular weight excluding hydrogens is 576 g/mol. The molecule has 0 saturated carbocycles. The minimum atomic E-state index is -1.61. The number of carbonyl (C=O) groups excluding carboxylic acids is 4. The lowest BCUT2D eigenvalue weighted by Crippen LogP contribution is -2.65. The molecule has 5 N–H and O–H groups in total. The normalized spacial score (nSPS) is 24.0. The van der Waals surface area contributed by atoms with Crippen molar-refractivity contribution >= 4 is 23.8 Å². The van der Waals surface area contributed by atoms with E-state index in [1.165, 1.54) is 44.4 Å². The average molecular weight is 613 g/mol. The Morgan fingerprint density at radius 2 is 1.86 bits per heavy atom. The zero-order chi connectivity index (χ0) is 32.5. The number of amides is 2. The smallest absolute Gasteiger partial charge is 0.404 e. The lowest BCUT2D eigenvalue weighted by atomic mass is 9.89. The number of ether oxygens (including phenoxy) is 5. The summed E-state index contributed by atoms with van der Waals surface area (Å²) in [6.45, 7) is 8.65. The van der Waals surface area contributed by atoms with Gasteiger partial charge in [-0.15, -0.1) is 0 Å². The van der Waals surface area contributed by atoms with Gasteiger partial charge in [0.05, 0.1) is 11.2 Å². The number of fused-ring (bicyclic) bond motifs is 1.